The van der Waals surface area contributed by atoms with Gasteiger partial charge in [0.15, 0.2) is 0 Å². The van der Waals surface area contributed by atoms with E-state index in [1.54, 1.807) is 0 Å². The molecular weight excluding hydrogens is 282 g/mol. The molecule has 0 aliphatic carbocycles. The molecule has 1 aromatic heterocycles. The van der Waals surface area contributed by atoms with Crippen molar-refractivity contribution in [3.8, 4) is 11.8 Å². The van der Waals surface area contributed by atoms with Crippen LogP contribution in [0.2, 0.25) is 0 Å². The number of alkyl halides is 3. The summed E-state index contributed by atoms with van der Waals surface area (Å²) >= 11 is 3.21. The molecule has 0 bridgehead atoms. The molecule has 0 fully saturated rings. The van der Waals surface area contributed by atoms with Crippen molar-refractivity contribution in [2.45, 2.75) is 18.2 Å². The van der Waals surface area contributed by atoms with Crippen molar-refractivity contribution in [1.82, 2.24) is 4.98 Å². The highest BCUT2D eigenvalue weighted by Gasteiger charge is 2.17. The van der Waals surface area contributed by atoms with Crippen LogP contribution < -0.4 is 4.74 Å². The Labute approximate surface area is 100 Å². The number of nitrogens with zero attached hydrogens (tertiary/aromatic N) is 2. The minimum atomic E-state index is -2.67. The Morgan fingerprint density at radius 2 is 2.31 bits per heavy atom. The second-order valence-corrected chi connectivity index (χ2v) is 3.50. The topological polar surface area (TPSA) is 45.9 Å². The average Bonchev–Trinajstić information content (AvgIpc) is 2.28. The molecule has 16 heavy (non-hydrogen) atoms. The normalized spacial score (nSPS) is 10.2. The average molecular weight is 291 g/mol. The molecule has 3 nitrogen and oxygen atoms in total. The number of hydrogen-bond acceptors (Lipinski definition) is 3. The first-order valence-electron chi connectivity index (χ1n) is 4.41. The highest BCUT2D eigenvalue weighted by Crippen LogP contribution is 2.29. The molecule has 1 heterocycles. The molecule has 1 rings (SSSR count). The molecule has 1 aromatic rings. The van der Waals surface area contributed by atoms with Gasteiger partial charge in [-0.1, -0.05) is 15.9 Å². The second-order valence-electron chi connectivity index (χ2n) is 2.94. The number of halogens is 3. The van der Waals surface area contributed by atoms with Crippen LogP contribution in [0.15, 0.2) is 6.07 Å². The van der Waals surface area contributed by atoms with Gasteiger partial charge in [0, 0.05) is 17.0 Å². The maximum absolute atomic E-state index is 12.5. The van der Waals surface area contributed by atoms with Crippen LogP contribution in [0.25, 0.3) is 0 Å². The van der Waals surface area contributed by atoms with E-state index < -0.39 is 6.43 Å². The molecule has 0 aromatic carbocycles. The highest BCUT2D eigenvalue weighted by molar-refractivity contribution is 9.08. The number of aromatic nitrogens is 1. The fourth-order valence-electron chi connectivity index (χ4n) is 1.28. The van der Waals surface area contributed by atoms with Gasteiger partial charge in [-0.15, -0.1) is 0 Å². The van der Waals surface area contributed by atoms with Crippen LogP contribution in [0.1, 0.15) is 23.4 Å². The lowest BCUT2D eigenvalue weighted by Gasteiger charge is -2.11. The maximum Gasteiger partial charge on any atom is 0.280 e. The number of hydrogen-bond donors (Lipinski definition) is 0. The van der Waals surface area contributed by atoms with Gasteiger partial charge in [-0.25, -0.2) is 8.78 Å². The quantitative estimate of drug-likeness (QED) is 0.801. The second kappa shape index (κ2) is 5.75. The number of rotatable bonds is 4. The fourth-order valence-corrected chi connectivity index (χ4v) is 1.88. The summed E-state index contributed by atoms with van der Waals surface area (Å²) in [6.45, 7) is 0. The SMILES string of the molecule is COc1cc(C(F)F)nc(CC#N)c1CBr. The van der Waals surface area contributed by atoms with Crippen LogP contribution >= 0.6 is 15.9 Å². The molecule has 0 aliphatic heterocycles. The van der Waals surface area contributed by atoms with E-state index in [9.17, 15) is 8.78 Å². The highest BCUT2D eigenvalue weighted by atomic mass is 79.9. The van der Waals surface area contributed by atoms with E-state index in [0.717, 1.165) is 0 Å². The van der Waals surface area contributed by atoms with E-state index >= 15 is 0 Å². The van der Waals surface area contributed by atoms with Crippen LogP contribution in [0.3, 0.4) is 0 Å². The van der Waals surface area contributed by atoms with Gasteiger partial charge >= 0.3 is 0 Å². The molecule has 0 unspecified atom stereocenters. The lowest BCUT2D eigenvalue weighted by Crippen LogP contribution is -2.03. The van der Waals surface area contributed by atoms with E-state index in [4.69, 9.17) is 10.00 Å². The smallest absolute Gasteiger partial charge is 0.280 e. The van der Waals surface area contributed by atoms with Gasteiger partial charge in [-0.05, 0) is 0 Å². The largest absolute Gasteiger partial charge is 0.496 e. The predicted octanol–water partition coefficient (Wildman–Crippen LogP) is 2.99. The molecule has 0 amide bonds. The molecule has 0 atom stereocenters. The lowest BCUT2D eigenvalue weighted by molar-refractivity contribution is 0.145. The van der Waals surface area contributed by atoms with Crippen LogP contribution in [-0.4, -0.2) is 12.1 Å². The van der Waals surface area contributed by atoms with Gasteiger partial charge < -0.3 is 4.74 Å². The van der Waals surface area contributed by atoms with Crippen LogP contribution in [0.5, 0.6) is 5.75 Å². The summed E-state index contributed by atoms with van der Waals surface area (Å²) in [6.07, 6.45) is -2.69. The van der Waals surface area contributed by atoms with Gasteiger partial charge in [0.25, 0.3) is 6.43 Å². The molecule has 0 spiro atoms. The van der Waals surface area contributed by atoms with Crippen molar-refractivity contribution in [2.75, 3.05) is 7.11 Å². The zero-order chi connectivity index (χ0) is 12.1. The Bertz CT molecular complexity index is 418. The van der Waals surface area contributed by atoms with Gasteiger partial charge in [-0.2, -0.15) is 5.26 Å². The number of ether oxygens (including phenoxy) is 1. The van der Waals surface area contributed by atoms with Crippen LogP contribution in [0.4, 0.5) is 8.78 Å². The summed E-state index contributed by atoms with van der Waals surface area (Å²) < 4.78 is 30.1. The predicted molar refractivity (Wildman–Crippen MR) is 57.7 cm³/mol. The zero-order valence-electron chi connectivity index (χ0n) is 8.51. The molecule has 0 saturated heterocycles. The Hall–Kier alpha value is -1.22. The van der Waals surface area contributed by atoms with Crippen molar-refractivity contribution in [3.05, 3.63) is 23.0 Å². The molecule has 86 valence electrons. The molecular formula is C10H9BrF2N2O. The van der Waals surface area contributed by atoms with E-state index in [0.29, 0.717) is 22.3 Å². The van der Waals surface area contributed by atoms with Crippen molar-refractivity contribution < 1.29 is 13.5 Å². The molecule has 0 aliphatic rings. The summed E-state index contributed by atoms with van der Waals surface area (Å²) in [6, 6.07) is 3.09. The zero-order valence-corrected chi connectivity index (χ0v) is 10.1. The number of nitriles is 1. The van der Waals surface area contributed by atoms with Gasteiger partial charge in [-0.3, -0.25) is 4.98 Å². The van der Waals surface area contributed by atoms with Gasteiger partial charge in [0.1, 0.15) is 11.4 Å². The molecule has 6 heteroatoms. The van der Waals surface area contributed by atoms with E-state index in [-0.39, 0.29) is 12.1 Å². The number of methoxy groups -OCH3 is 1. The first kappa shape index (κ1) is 12.8. The third-order valence-corrected chi connectivity index (χ3v) is 2.57. The first-order valence-corrected chi connectivity index (χ1v) is 5.54. The maximum atomic E-state index is 12.5. The minimum Gasteiger partial charge on any atom is -0.496 e. The Kier molecular flexibility index (Phi) is 4.62. The van der Waals surface area contributed by atoms with E-state index in [2.05, 4.69) is 20.9 Å². The standard InChI is InChI=1S/C10H9BrF2N2O/c1-16-9-4-8(10(12)13)15-7(2-3-14)6(9)5-11/h4,10H,2,5H2,1H3. The Morgan fingerprint density at radius 3 is 2.75 bits per heavy atom. The van der Waals surface area contributed by atoms with Gasteiger partial charge in [0.05, 0.1) is 25.3 Å². The number of pyridine rings is 1. The monoisotopic (exact) mass is 290 g/mol. The van der Waals surface area contributed by atoms with Crippen molar-refractivity contribution >= 4 is 15.9 Å². The van der Waals surface area contributed by atoms with E-state index in [1.807, 2.05) is 6.07 Å². The first-order chi connectivity index (χ1) is 7.63. The summed E-state index contributed by atoms with van der Waals surface area (Å²) in [4.78, 5) is 3.76. The lowest BCUT2D eigenvalue weighted by atomic mass is 10.1. The summed E-state index contributed by atoms with van der Waals surface area (Å²) in [7, 11) is 1.40. The van der Waals surface area contributed by atoms with Crippen molar-refractivity contribution in [2.24, 2.45) is 0 Å². The summed E-state index contributed by atoms with van der Waals surface area (Å²) in [5, 5.41) is 9.01. The molecule has 0 saturated carbocycles. The fraction of sp³-hybridized carbons (Fsp3) is 0.400. The van der Waals surface area contributed by atoms with Gasteiger partial charge in [0.2, 0.25) is 0 Å². The summed E-state index contributed by atoms with van der Waals surface area (Å²) in [5.74, 6) is 0.326. The minimum absolute atomic E-state index is 0.0160. The molecule has 0 radical (unpaired) electrons. The molecule has 0 N–H and O–H groups in total. The Balaban J connectivity index is 3.32. The van der Waals surface area contributed by atoms with E-state index in [1.165, 1.54) is 13.2 Å². The third kappa shape index (κ3) is 2.67. The van der Waals surface area contributed by atoms with Crippen LogP contribution in [-0.2, 0) is 11.8 Å². The summed E-state index contributed by atoms with van der Waals surface area (Å²) in [5.41, 5.74) is 0.592. The van der Waals surface area contributed by atoms with Crippen molar-refractivity contribution in [3.63, 3.8) is 0 Å². The Morgan fingerprint density at radius 1 is 1.62 bits per heavy atom. The third-order valence-electron chi connectivity index (χ3n) is 2.01. The van der Waals surface area contributed by atoms with Crippen molar-refractivity contribution in [1.29, 1.82) is 5.26 Å². The van der Waals surface area contributed by atoms with Crippen LogP contribution in [0, 0.1) is 11.3 Å².